The number of rotatable bonds is 3. The Labute approximate surface area is 167 Å². The Bertz CT molecular complexity index is 1060. The molecule has 0 aliphatic carbocycles. The number of piperazine rings is 1. The average Bonchev–Trinajstić information content (AvgIpc) is 2.73. The van der Waals surface area contributed by atoms with E-state index in [9.17, 15) is 13.6 Å². The van der Waals surface area contributed by atoms with Crippen molar-refractivity contribution < 1.29 is 18.3 Å². The number of para-hydroxylation sites is 1. The molecule has 0 bridgehead atoms. The zero-order valence-corrected chi connectivity index (χ0v) is 16.3. The molecule has 0 N–H and O–H groups in total. The van der Waals surface area contributed by atoms with Gasteiger partial charge < -0.3 is 14.5 Å². The van der Waals surface area contributed by atoms with E-state index in [0.29, 0.717) is 31.9 Å². The van der Waals surface area contributed by atoms with Crippen molar-refractivity contribution in [2.45, 2.75) is 6.92 Å². The zero-order valence-electron chi connectivity index (χ0n) is 16.3. The number of hydrogen-bond acceptors (Lipinski definition) is 4. The molecular formula is C22H21F2N3O2. The lowest BCUT2D eigenvalue weighted by Gasteiger charge is -2.37. The second-order valence-electron chi connectivity index (χ2n) is 7.02. The summed E-state index contributed by atoms with van der Waals surface area (Å²) in [5, 5.41) is 0.976. The van der Waals surface area contributed by atoms with Crippen LogP contribution in [0.2, 0.25) is 0 Å². The van der Waals surface area contributed by atoms with Crippen LogP contribution >= 0.6 is 0 Å². The normalized spacial score (nSPS) is 14.3. The van der Waals surface area contributed by atoms with Crippen molar-refractivity contribution in [3.05, 3.63) is 65.4 Å². The lowest BCUT2D eigenvalue weighted by Crippen LogP contribution is -2.49. The van der Waals surface area contributed by atoms with Gasteiger partial charge in [0.2, 0.25) is 0 Å². The number of nitrogens with zero attached hydrogens (tertiary/aromatic N) is 3. The number of methoxy groups -OCH3 is 1. The summed E-state index contributed by atoms with van der Waals surface area (Å²) in [6.07, 6.45) is 1.81. The zero-order chi connectivity index (χ0) is 20.5. The predicted octanol–water partition coefficient (Wildman–Crippen LogP) is 3.79. The summed E-state index contributed by atoms with van der Waals surface area (Å²) in [7, 11) is 1.61. The van der Waals surface area contributed by atoms with Gasteiger partial charge >= 0.3 is 0 Å². The summed E-state index contributed by atoms with van der Waals surface area (Å²) in [5.74, 6) is -1.58. The average molecular weight is 397 g/mol. The van der Waals surface area contributed by atoms with Crippen LogP contribution in [0.5, 0.6) is 5.75 Å². The first-order valence-corrected chi connectivity index (χ1v) is 9.42. The minimum atomic E-state index is -0.833. The molecule has 3 aromatic rings. The third kappa shape index (κ3) is 3.37. The molecule has 1 aliphatic heterocycles. The fourth-order valence-corrected chi connectivity index (χ4v) is 3.86. The number of aromatic nitrogens is 1. The van der Waals surface area contributed by atoms with Gasteiger partial charge in [-0.3, -0.25) is 9.78 Å². The Morgan fingerprint density at radius 1 is 1.03 bits per heavy atom. The van der Waals surface area contributed by atoms with Crippen molar-refractivity contribution >= 4 is 22.5 Å². The van der Waals surface area contributed by atoms with Crippen LogP contribution in [0.1, 0.15) is 15.9 Å². The van der Waals surface area contributed by atoms with Crippen LogP contribution in [-0.2, 0) is 0 Å². The first kappa shape index (κ1) is 19.1. The van der Waals surface area contributed by atoms with E-state index in [1.807, 2.05) is 31.3 Å². The van der Waals surface area contributed by atoms with E-state index in [2.05, 4.69) is 9.88 Å². The lowest BCUT2D eigenvalue weighted by atomic mass is 10.1. The summed E-state index contributed by atoms with van der Waals surface area (Å²) < 4.78 is 33.4. The molecule has 1 amide bonds. The molecule has 5 nitrogen and oxygen atoms in total. The third-order valence-electron chi connectivity index (χ3n) is 5.29. The number of halogens is 2. The number of anilines is 1. The Morgan fingerprint density at radius 2 is 1.69 bits per heavy atom. The lowest BCUT2D eigenvalue weighted by molar-refractivity contribution is 0.0737. The highest BCUT2D eigenvalue weighted by Gasteiger charge is 2.27. The van der Waals surface area contributed by atoms with Gasteiger partial charge in [-0.15, -0.1) is 0 Å². The topological polar surface area (TPSA) is 45.7 Å². The number of pyridine rings is 1. The number of carbonyl (C=O) groups excluding carboxylic acids is 1. The van der Waals surface area contributed by atoms with E-state index in [0.717, 1.165) is 34.3 Å². The van der Waals surface area contributed by atoms with Crippen molar-refractivity contribution in [2.75, 3.05) is 38.2 Å². The Morgan fingerprint density at radius 3 is 2.34 bits per heavy atom. The van der Waals surface area contributed by atoms with Gasteiger partial charge in [0.15, 0.2) is 0 Å². The molecule has 150 valence electrons. The van der Waals surface area contributed by atoms with Gasteiger partial charge in [-0.25, -0.2) is 8.78 Å². The number of aryl methyl sites for hydroxylation is 1. The van der Waals surface area contributed by atoms with E-state index in [1.165, 1.54) is 11.0 Å². The Hall–Kier alpha value is -3.22. The van der Waals surface area contributed by atoms with Gasteiger partial charge in [-0.2, -0.15) is 0 Å². The molecule has 1 aromatic heterocycles. The molecule has 0 spiro atoms. The minimum Gasteiger partial charge on any atom is -0.494 e. The second kappa shape index (κ2) is 7.66. The highest BCUT2D eigenvalue weighted by atomic mass is 19.1. The highest BCUT2D eigenvalue weighted by molar-refractivity contribution is 5.97. The number of carbonyl (C=O) groups is 1. The minimum absolute atomic E-state index is 0.375. The first-order chi connectivity index (χ1) is 14.0. The molecule has 4 rings (SSSR count). The Kier molecular flexibility index (Phi) is 5.05. The molecule has 1 saturated heterocycles. The summed E-state index contributed by atoms with van der Waals surface area (Å²) in [6.45, 7) is 3.85. The smallest absolute Gasteiger partial charge is 0.259 e. The van der Waals surface area contributed by atoms with Crippen molar-refractivity contribution in [1.29, 1.82) is 0 Å². The summed E-state index contributed by atoms with van der Waals surface area (Å²) >= 11 is 0. The largest absolute Gasteiger partial charge is 0.494 e. The molecule has 0 radical (unpaired) electrons. The molecule has 2 heterocycles. The van der Waals surface area contributed by atoms with Gasteiger partial charge in [-0.05, 0) is 30.7 Å². The van der Waals surface area contributed by atoms with Crippen molar-refractivity contribution in [2.24, 2.45) is 0 Å². The number of hydrogen-bond donors (Lipinski definition) is 0. The number of benzene rings is 2. The van der Waals surface area contributed by atoms with E-state index < -0.39 is 23.1 Å². The predicted molar refractivity (Wildman–Crippen MR) is 108 cm³/mol. The molecular weight excluding hydrogens is 376 g/mol. The van der Waals surface area contributed by atoms with E-state index in [4.69, 9.17) is 4.74 Å². The van der Waals surface area contributed by atoms with Gasteiger partial charge in [0, 0.05) is 37.8 Å². The second-order valence-corrected chi connectivity index (χ2v) is 7.02. The molecule has 29 heavy (non-hydrogen) atoms. The van der Waals surface area contributed by atoms with E-state index in [1.54, 1.807) is 7.11 Å². The molecule has 0 unspecified atom stereocenters. The molecule has 0 atom stereocenters. The van der Waals surface area contributed by atoms with E-state index in [-0.39, 0.29) is 0 Å². The molecule has 1 aliphatic rings. The maximum atomic E-state index is 14.0. The van der Waals surface area contributed by atoms with Crippen LogP contribution in [0, 0.1) is 18.6 Å². The molecule has 7 heteroatoms. The number of ether oxygens (including phenoxy) is 1. The molecule has 1 fully saturated rings. The standard InChI is InChI=1S/C22H21F2N3O2/c1-14-13-25-20-15(5-3-8-18(20)29-2)21(14)26-9-11-27(12-10-26)22(28)19-16(23)6-4-7-17(19)24/h3-8,13H,9-12H2,1-2H3. The van der Waals surface area contributed by atoms with Gasteiger partial charge in [0.05, 0.1) is 12.8 Å². The molecule has 2 aromatic carbocycles. The van der Waals surface area contributed by atoms with Crippen LogP contribution in [0.15, 0.2) is 42.6 Å². The monoisotopic (exact) mass is 397 g/mol. The van der Waals surface area contributed by atoms with Gasteiger partial charge in [0.25, 0.3) is 5.91 Å². The maximum absolute atomic E-state index is 14.0. The number of fused-ring (bicyclic) bond motifs is 1. The van der Waals surface area contributed by atoms with Gasteiger partial charge in [-0.1, -0.05) is 18.2 Å². The van der Waals surface area contributed by atoms with Crippen LogP contribution in [-0.4, -0.2) is 49.1 Å². The molecule has 0 saturated carbocycles. The summed E-state index contributed by atoms with van der Waals surface area (Å²) in [5.41, 5.74) is 2.35. The summed E-state index contributed by atoms with van der Waals surface area (Å²) in [6, 6.07) is 9.25. The number of amides is 1. The van der Waals surface area contributed by atoms with Gasteiger partial charge in [0.1, 0.15) is 28.5 Å². The SMILES string of the molecule is COc1cccc2c(N3CCN(C(=O)c4c(F)cccc4F)CC3)c(C)cnc12. The van der Waals surface area contributed by atoms with Crippen molar-refractivity contribution in [3.8, 4) is 5.75 Å². The van der Waals surface area contributed by atoms with Crippen LogP contribution in [0.4, 0.5) is 14.5 Å². The fraction of sp³-hybridized carbons (Fsp3) is 0.273. The quantitative estimate of drug-likeness (QED) is 0.675. The van der Waals surface area contributed by atoms with Crippen molar-refractivity contribution in [3.63, 3.8) is 0 Å². The first-order valence-electron chi connectivity index (χ1n) is 9.42. The summed E-state index contributed by atoms with van der Waals surface area (Å²) in [4.78, 5) is 20.8. The Balaban J connectivity index is 1.59. The highest BCUT2D eigenvalue weighted by Crippen LogP contribution is 2.34. The van der Waals surface area contributed by atoms with Crippen LogP contribution in [0.3, 0.4) is 0 Å². The fourth-order valence-electron chi connectivity index (χ4n) is 3.86. The van der Waals surface area contributed by atoms with E-state index >= 15 is 0 Å². The van der Waals surface area contributed by atoms with Crippen LogP contribution in [0.25, 0.3) is 10.9 Å². The third-order valence-corrected chi connectivity index (χ3v) is 5.29. The van der Waals surface area contributed by atoms with Crippen molar-refractivity contribution in [1.82, 2.24) is 9.88 Å². The maximum Gasteiger partial charge on any atom is 0.259 e. The van der Waals surface area contributed by atoms with Crippen LogP contribution < -0.4 is 9.64 Å².